The molecule has 3 N–H and O–H groups in total. The maximum atomic E-state index is 12.4. The number of hydrogen-bond acceptors (Lipinski definition) is 3. The van der Waals surface area contributed by atoms with E-state index in [9.17, 15) is 8.42 Å². The fourth-order valence-corrected chi connectivity index (χ4v) is 5.45. The van der Waals surface area contributed by atoms with Crippen molar-refractivity contribution in [1.82, 2.24) is 4.72 Å². The molecule has 0 saturated carbocycles. The highest BCUT2D eigenvalue weighted by molar-refractivity contribution is 9.11. The Morgan fingerprint density at radius 3 is 2.14 bits per heavy atom. The lowest BCUT2D eigenvalue weighted by atomic mass is 10.2. The van der Waals surface area contributed by atoms with Gasteiger partial charge in [0.2, 0.25) is 10.0 Å². The summed E-state index contributed by atoms with van der Waals surface area (Å²) >= 11 is 12.2. The third-order valence-corrected chi connectivity index (χ3v) is 6.20. The van der Waals surface area contributed by atoms with Crippen molar-refractivity contribution in [2.75, 3.05) is 5.73 Å². The Hall–Kier alpha value is -0.600. The molecule has 21 heavy (non-hydrogen) atoms. The van der Waals surface area contributed by atoms with Crippen LogP contribution in [0, 0.1) is 0 Å². The van der Waals surface area contributed by atoms with Crippen molar-refractivity contribution in [1.29, 1.82) is 0 Å². The van der Waals surface area contributed by atoms with Gasteiger partial charge in [0.15, 0.2) is 0 Å². The largest absolute Gasteiger partial charge is 0.399 e. The molecule has 0 aromatic heterocycles. The molecule has 0 spiro atoms. The van der Waals surface area contributed by atoms with E-state index in [4.69, 9.17) is 17.3 Å². The summed E-state index contributed by atoms with van der Waals surface area (Å²) in [5.74, 6) is 0. The summed E-state index contributed by atoms with van der Waals surface area (Å²) in [5.41, 5.74) is 6.94. The van der Waals surface area contributed by atoms with Gasteiger partial charge in [0.25, 0.3) is 0 Å². The lowest BCUT2D eigenvalue weighted by Crippen LogP contribution is -2.24. The number of hydrogen-bond donors (Lipinski definition) is 2. The van der Waals surface area contributed by atoms with E-state index < -0.39 is 10.0 Å². The van der Waals surface area contributed by atoms with Gasteiger partial charge < -0.3 is 5.73 Å². The number of nitrogens with two attached hydrogens (primary N) is 1. The molecule has 0 aliphatic heterocycles. The molecule has 0 fully saturated rings. The average molecular weight is 455 g/mol. The van der Waals surface area contributed by atoms with Crippen LogP contribution in [-0.4, -0.2) is 8.42 Å². The summed E-state index contributed by atoms with van der Waals surface area (Å²) in [7, 11) is -3.68. The molecule has 4 nitrogen and oxygen atoms in total. The first-order valence-corrected chi connectivity index (χ1v) is 9.23. The van der Waals surface area contributed by atoms with Gasteiger partial charge >= 0.3 is 0 Å². The van der Waals surface area contributed by atoms with Gasteiger partial charge in [-0.05, 0) is 61.7 Å². The Bertz CT molecular complexity index is 741. The minimum atomic E-state index is -3.68. The third kappa shape index (κ3) is 4.20. The van der Waals surface area contributed by atoms with Crippen molar-refractivity contribution >= 4 is 59.2 Å². The summed E-state index contributed by atoms with van der Waals surface area (Å²) in [6, 6.07) is 10.0. The average Bonchev–Trinajstić information content (AvgIpc) is 2.36. The van der Waals surface area contributed by atoms with Crippen molar-refractivity contribution in [3.63, 3.8) is 0 Å². The van der Waals surface area contributed by atoms with Crippen LogP contribution in [0.25, 0.3) is 0 Å². The minimum absolute atomic E-state index is 0.116. The topological polar surface area (TPSA) is 72.2 Å². The number of nitrogens with one attached hydrogen (secondary N) is 1. The normalized spacial score (nSPS) is 11.6. The first-order chi connectivity index (χ1) is 9.79. The number of nitrogen functional groups attached to an aromatic ring is 1. The maximum absolute atomic E-state index is 12.4. The molecule has 0 radical (unpaired) electrons. The van der Waals surface area contributed by atoms with Crippen LogP contribution in [0.4, 0.5) is 5.69 Å². The Kier molecular flexibility index (Phi) is 5.32. The Morgan fingerprint density at radius 2 is 1.62 bits per heavy atom. The van der Waals surface area contributed by atoms with Crippen molar-refractivity contribution in [2.45, 2.75) is 11.4 Å². The molecular formula is C13H11Br2ClN2O2S. The van der Waals surface area contributed by atoms with E-state index in [0.717, 1.165) is 5.56 Å². The number of benzene rings is 2. The molecule has 0 aliphatic carbocycles. The van der Waals surface area contributed by atoms with E-state index in [1.54, 1.807) is 36.4 Å². The zero-order valence-corrected chi connectivity index (χ0v) is 15.4. The second kappa shape index (κ2) is 6.66. The fraction of sp³-hybridized carbons (Fsp3) is 0.0769. The van der Waals surface area contributed by atoms with Gasteiger partial charge in [0.1, 0.15) is 4.90 Å². The van der Waals surface area contributed by atoms with Gasteiger partial charge in [0, 0.05) is 26.2 Å². The standard InChI is InChI=1S/C13H11Br2ClN2O2S/c14-11-5-10(17)6-12(15)13(11)21(19,20)18-7-8-1-3-9(16)4-2-8/h1-6,18H,7,17H2. The molecule has 8 heteroatoms. The van der Waals surface area contributed by atoms with Gasteiger partial charge in [0.05, 0.1) is 0 Å². The summed E-state index contributed by atoms with van der Waals surface area (Å²) in [5, 5.41) is 0.602. The molecule has 0 amide bonds. The maximum Gasteiger partial charge on any atom is 0.243 e. The zero-order valence-electron chi connectivity index (χ0n) is 10.6. The van der Waals surface area contributed by atoms with Crippen molar-refractivity contribution < 1.29 is 8.42 Å². The summed E-state index contributed by atoms with van der Waals surface area (Å²) in [6.45, 7) is 0.169. The van der Waals surface area contributed by atoms with E-state index in [-0.39, 0.29) is 11.4 Å². The van der Waals surface area contributed by atoms with Crippen LogP contribution in [0.5, 0.6) is 0 Å². The van der Waals surface area contributed by atoms with Gasteiger partial charge in [-0.25, -0.2) is 13.1 Å². The van der Waals surface area contributed by atoms with Gasteiger partial charge in [-0.3, -0.25) is 0 Å². The summed E-state index contributed by atoms with van der Waals surface area (Å²) in [6.07, 6.45) is 0. The lowest BCUT2D eigenvalue weighted by Gasteiger charge is -2.11. The van der Waals surface area contributed by atoms with E-state index in [1.807, 2.05) is 0 Å². The minimum Gasteiger partial charge on any atom is -0.399 e. The molecule has 0 unspecified atom stereocenters. The first kappa shape index (κ1) is 16.8. The molecule has 2 aromatic rings. The van der Waals surface area contributed by atoms with Crippen LogP contribution in [0.1, 0.15) is 5.56 Å². The SMILES string of the molecule is Nc1cc(Br)c(S(=O)(=O)NCc2ccc(Cl)cc2)c(Br)c1. The molecule has 0 atom stereocenters. The Balaban J connectivity index is 2.25. The van der Waals surface area contributed by atoms with E-state index in [0.29, 0.717) is 19.7 Å². The highest BCUT2D eigenvalue weighted by atomic mass is 79.9. The van der Waals surface area contributed by atoms with Crippen molar-refractivity contribution in [3.05, 3.63) is 55.9 Å². The van der Waals surface area contributed by atoms with Crippen molar-refractivity contribution in [2.24, 2.45) is 0 Å². The number of halogens is 3. The number of sulfonamides is 1. The summed E-state index contributed by atoms with van der Waals surface area (Å²) < 4.78 is 28.1. The highest BCUT2D eigenvalue weighted by Gasteiger charge is 2.21. The molecular weight excluding hydrogens is 443 g/mol. The van der Waals surface area contributed by atoms with Crippen LogP contribution < -0.4 is 10.5 Å². The highest BCUT2D eigenvalue weighted by Crippen LogP contribution is 2.32. The van der Waals surface area contributed by atoms with Gasteiger partial charge in [-0.1, -0.05) is 23.7 Å². The monoisotopic (exact) mass is 452 g/mol. The molecule has 2 rings (SSSR count). The first-order valence-electron chi connectivity index (χ1n) is 5.78. The van der Waals surface area contributed by atoms with Gasteiger partial charge in [-0.2, -0.15) is 0 Å². The van der Waals surface area contributed by atoms with Crippen LogP contribution >= 0.6 is 43.5 Å². The van der Waals surface area contributed by atoms with E-state index in [2.05, 4.69) is 36.6 Å². The second-order valence-electron chi connectivity index (χ2n) is 4.26. The van der Waals surface area contributed by atoms with Crippen molar-refractivity contribution in [3.8, 4) is 0 Å². The molecule has 0 bridgehead atoms. The van der Waals surface area contributed by atoms with E-state index in [1.165, 1.54) is 0 Å². The quantitative estimate of drug-likeness (QED) is 0.688. The van der Waals surface area contributed by atoms with Crippen LogP contribution in [0.15, 0.2) is 50.2 Å². The second-order valence-corrected chi connectivity index (χ2v) is 8.11. The third-order valence-electron chi connectivity index (χ3n) is 2.67. The van der Waals surface area contributed by atoms with Crippen LogP contribution in [0.2, 0.25) is 5.02 Å². The smallest absolute Gasteiger partial charge is 0.243 e. The van der Waals surface area contributed by atoms with Gasteiger partial charge in [-0.15, -0.1) is 0 Å². The number of rotatable bonds is 4. The molecule has 0 aliphatic rings. The fourth-order valence-electron chi connectivity index (χ4n) is 1.69. The molecule has 2 aromatic carbocycles. The predicted octanol–water partition coefficient (Wildman–Crippen LogP) is 3.93. The molecule has 0 saturated heterocycles. The van der Waals surface area contributed by atoms with Crippen LogP contribution in [-0.2, 0) is 16.6 Å². The predicted molar refractivity (Wildman–Crippen MR) is 91.7 cm³/mol. The Labute approximate surface area is 145 Å². The molecule has 0 heterocycles. The van der Waals surface area contributed by atoms with Crippen LogP contribution in [0.3, 0.4) is 0 Å². The lowest BCUT2D eigenvalue weighted by molar-refractivity contribution is 0.580. The molecule has 112 valence electrons. The zero-order chi connectivity index (χ0) is 15.6. The Morgan fingerprint density at radius 1 is 1.10 bits per heavy atom. The van der Waals surface area contributed by atoms with E-state index >= 15 is 0 Å². The summed E-state index contributed by atoms with van der Waals surface area (Å²) in [4.78, 5) is 0.116. The number of anilines is 1.